The maximum atomic E-state index is 12.1. The van der Waals surface area contributed by atoms with E-state index in [1.165, 1.54) is 24.5 Å². The fourth-order valence-corrected chi connectivity index (χ4v) is 2.96. The van der Waals surface area contributed by atoms with Crippen LogP contribution in [0.15, 0.2) is 47.4 Å². The Kier molecular flexibility index (Phi) is 5.12. The van der Waals surface area contributed by atoms with Crippen LogP contribution in [0.4, 0.5) is 5.00 Å². The Labute approximate surface area is 133 Å². The highest BCUT2D eigenvalue weighted by Crippen LogP contribution is 2.36. The molecule has 114 valence electrons. The van der Waals surface area contributed by atoms with E-state index >= 15 is 0 Å². The molecule has 4 nitrogen and oxygen atoms in total. The summed E-state index contributed by atoms with van der Waals surface area (Å²) in [6, 6.07) is 9.53. The van der Waals surface area contributed by atoms with Gasteiger partial charge in [-0.15, -0.1) is 11.3 Å². The first kappa shape index (κ1) is 16.0. The molecule has 1 heterocycles. The molecule has 2 rings (SSSR count). The molecule has 1 amide bonds. The van der Waals surface area contributed by atoms with Crippen molar-refractivity contribution in [3.63, 3.8) is 0 Å². The molecule has 5 heteroatoms. The van der Waals surface area contributed by atoms with Gasteiger partial charge in [0.15, 0.2) is 0 Å². The number of methoxy groups -OCH3 is 1. The topological polar surface area (TPSA) is 55.4 Å². The standard InChI is InChI=1S/C17H17NO3S/c1-11(2)9-14(19)18-16-15(17(20)21-3)13(10-22-16)12-7-5-4-6-8-12/h4-10H,1-3H3,(H,18,19). The summed E-state index contributed by atoms with van der Waals surface area (Å²) in [7, 11) is 1.33. The van der Waals surface area contributed by atoms with E-state index < -0.39 is 5.97 Å². The number of nitrogens with one attached hydrogen (secondary N) is 1. The molecule has 0 spiro atoms. The fraction of sp³-hybridized carbons (Fsp3) is 0.176. The highest BCUT2D eigenvalue weighted by Gasteiger charge is 2.21. The summed E-state index contributed by atoms with van der Waals surface area (Å²) in [6.45, 7) is 3.68. The van der Waals surface area contributed by atoms with Gasteiger partial charge in [-0.05, 0) is 19.4 Å². The van der Waals surface area contributed by atoms with Crippen molar-refractivity contribution in [2.75, 3.05) is 12.4 Å². The zero-order chi connectivity index (χ0) is 16.1. The first-order chi connectivity index (χ1) is 10.5. The van der Waals surface area contributed by atoms with Crippen LogP contribution in [0, 0.1) is 0 Å². The molecule has 0 saturated carbocycles. The molecule has 0 aliphatic rings. The molecule has 0 bridgehead atoms. The van der Waals surface area contributed by atoms with Gasteiger partial charge >= 0.3 is 5.97 Å². The lowest BCUT2D eigenvalue weighted by molar-refractivity contribution is -0.111. The molecular formula is C17H17NO3S. The average Bonchev–Trinajstić information content (AvgIpc) is 2.90. The van der Waals surface area contributed by atoms with E-state index in [0.717, 1.165) is 16.7 Å². The monoisotopic (exact) mass is 315 g/mol. The maximum absolute atomic E-state index is 12.1. The van der Waals surface area contributed by atoms with Crippen molar-refractivity contribution < 1.29 is 14.3 Å². The fourth-order valence-electron chi connectivity index (χ4n) is 1.99. The molecule has 0 fully saturated rings. The summed E-state index contributed by atoms with van der Waals surface area (Å²) >= 11 is 1.31. The molecule has 22 heavy (non-hydrogen) atoms. The van der Waals surface area contributed by atoms with Crippen molar-refractivity contribution in [2.24, 2.45) is 0 Å². The van der Waals surface area contributed by atoms with E-state index in [9.17, 15) is 9.59 Å². The summed E-state index contributed by atoms with van der Waals surface area (Å²) in [5, 5.41) is 5.09. The number of hydrogen-bond donors (Lipinski definition) is 1. The Balaban J connectivity index is 2.44. The Bertz CT molecular complexity index is 713. The van der Waals surface area contributed by atoms with Gasteiger partial charge in [0.1, 0.15) is 10.6 Å². The molecule has 0 aliphatic carbocycles. The van der Waals surface area contributed by atoms with Gasteiger partial charge < -0.3 is 10.1 Å². The van der Waals surface area contributed by atoms with Crippen LogP contribution in [0.3, 0.4) is 0 Å². The molecule has 0 saturated heterocycles. The minimum Gasteiger partial charge on any atom is -0.465 e. The predicted molar refractivity (Wildman–Crippen MR) is 89.2 cm³/mol. The maximum Gasteiger partial charge on any atom is 0.341 e. The zero-order valence-electron chi connectivity index (χ0n) is 12.7. The molecule has 0 unspecified atom stereocenters. The molecule has 1 aromatic carbocycles. The van der Waals surface area contributed by atoms with Crippen molar-refractivity contribution in [3.8, 4) is 11.1 Å². The number of carbonyl (C=O) groups is 2. The second kappa shape index (κ2) is 7.04. The van der Waals surface area contributed by atoms with Crippen molar-refractivity contribution in [1.29, 1.82) is 0 Å². The number of hydrogen-bond acceptors (Lipinski definition) is 4. The number of ether oxygens (including phenoxy) is 1. The molecule has 0 radical (unpaired) electrons. The Morgan fingerprint density at radius 2 is 1.86 bits per heavy atom. The lowest BCUT2D eigenvalue weighted by Crippen LogP contribution is -2.12. The Hall–Kier alpha value is -2.40. The minimum atomic E-state index is -0.465. The molecule has 1 N–H and O–H groups in total. The average molecular weight is 315 g/mol. The lowest BCUT2D eigenvalue weighted by atomic mass is 10.0. The van der Waals surface area contributed by atoms with E-state index in [1.807, 2.05) is 49.6 Å². The predicted octanol–water partition coefficient (Wildman–Crippen LogP) is 4.11. The minimum absolute atomic E-state index is 0.258. The van der Waals surface area contributed by atoms with E-state index in [4.69, 9.17) is 4.74 Å². The third kappa shape index (κ3) is 3.62. The normalized spacial score (nSPS) is 9.95. The molecule has 1 aromatic heterocycles. The van der Waals surface area contributed by atoms with Gasteiger partial charge in [0.05, 0.1) is 7.11 Å². The number of carbonyl (C=O) groups excluding carboxylic acids is 2. The van der Waals surface area contributed by atoms with Crippen LogP contribution in [-0.2, 0) is 9.53 Å². The van der Waals surface area contributed by atoms with Crippen molar-refractivity contribution in [3.05, 3.63) is 52.9 Å². The van der Waals surface area contributed by atoms with Crippen LogP contribution in [-0.4, -0.2) is 19.0 Å². The van der Waals surface area contributed by atoms with Crippen LogP contribution >= 0.6 is 11.3 Å². The van der Waals surface area contributed by atoms with Crippen LogP contribution in [0.2, 0.25) is 0 Å². The summed E-state index contributed by atoms with van der Waals surface area (Å²) in [5.41, 5.74) is 2.93. The van der Waals surface area contributed by atoms with Crippen molar-refractivity contribution in [1.82, 2.24) is 0 Å². The Morgan fingerprint density at radius 1 is 1.18 bits per heavy atom. The van der Waals surface area contributed by atoms with E-state index in [0.29, 0.717) is 10.6 Å². The third-order valence-electron chi connectivity index (χ3n) is 2.92. The Morgan fingerprint density at radius 3 is 2.45 bits per heavy atom. The van der Waals surface area contributed by atoms with Crippen LogP contribution in [0.25, 0.3) is 11.1 Å². The van der Waals surface area contributed by atoms with E-state index in [1.54, 1.807) is 0 Å². The van der Waals surface area contributed by atoms with Gasteiger partial charge in [-0.25, -0.2) is 4.79 Å². The molecular weight excluding hydrogens is 298 g/mol. The van der Waals surface area contributed by atoms with Gasteiger partial charge in [-0.3, -0.25) is 4.79 Å². The quantitative estimate of drug-likeness (QED) is 0.682. The van der Waals surface area contributed by atoms with Gasteiger partial charge in [0.25, 0.3) is 0 Å². The number of anilines is 1. The zero-order valence-corrected chi connectivity index (χ0v) is 13.5. The SMILES string of the molecule is COC(=O)c1c(-c2ccccc2)csc1NC(=O)C=C(C)C. The number of esters is 1. The van der Waals surface area contributed by atoms with Crippen LogP contribution in [0.1, 0.15) is 24.2 Å². The van der Waals surface area contributed by atoms with E-state index in [2.05, 4.69) is 5.32 Å². The summed E-state index contributed by atoms with van der Waals surface area (Å²) in [6.07, 6.45) is 1.49. The molecule has 2 aromatic rings. The number of thiophene rings is 1. The summed E-state index contributed by atoms with van der Waals surface area (Å²) < 4.78 is 4.86. The van der Waals surface area contributed by atoms with Crippen molar-refractivity contribution in [2.45, 2.75) is 13.8 Å². The van der Waals surface area contributed by atoms with Gasteiger partial charge in [-0.2, -0.15) is 0 Å². The molecule has 0 aliphatic heterocycles. The lowest BCUT2D eigenvalue weighted by Gasteiger charge is -2.06. The van der Waals surface area contributed by atoms with Gasteiger partial charge in [0.2, 0.25) is 5.91 Å². The van der Waals surface area contributed by atoms with Crippen LogP contribution in [0.5, 0.6) is 0 Å². The molecule has 0 atom stereocenters. The van der Waals surface area contributed by atoms with Crippen molar-refractivity contribution >= 4 is 28.2 Å². The second-order valence-electron chi connectivity index (χ2n) is 4.92. The smallest absolute Gasteiger partial charge is 0.341 e. The third-order valence-corrected chi connectivity index (χ3v) is 3.82. The highest BCUT2D eigenvalue weighted by atomic mass is 32.1. The largest absolute Gasteiger partial charge is 0.465 e. The summed E-state index contributed by atoms with van der Waals surface area (Å²) in [5.74, 6) is -0.723. The second-order valence-corrected chi connectivity index (χ2v) is 5.80. The van der Waals surface area contributed by atoms with Gasteiger partial charge in [-0.1, -0.05) is 35.9 Å². The first-order valence-electron chi connectivity index (χ1n) is 6.74. The summed E-state index contributed by atoms with van der Waals surface area (Å²) in [4.78, 5) is 24.0. The van der Waals surface area contributed by atoms with E-state index in [-0.39, 0.29) is 5.91 Å². The number of benzene rings is 1. The highest BCUT2D eigenvalue weighted by molar-refractivity contribution is 7.15. The first-order valence-corrected chi connectivity index (χ1v) is 7.62. The van der Waals surface area contributed by atoms with Gasteiger partial charge in [0, 0.05) is 17.0 Å². The number of allylic oxidation sites excluding steroid dienone is 1. The number of rotatable bonds is 4. The number of amides is 1. The van der Waals surface area contributed by atoms with Crippen LogP contribution < -0.4 is 5.32 Å².